The summed E-state index contributed by atoms with van der Waals surface area (Å²) in [6.07, 6.45) is 5.12. The monoisotopic (exact) mass is 287 g/mol. The second-order valence-electron chi connectivity index (χ2n) is 5.81. The fraction of sp³-hybridized carbons (Fsp3) is 0.588. The van der Waals surface area contributed by atoms with Crippen molar-refractivity contribution in [2.24, 2.45) is 11.7 Å². The highest BCUT2D eigenvalue weighted by molar-refractivity contribution is 5.34. The molecule has 2 N–H and O–H groups in total. The third-order valence-corrected chi connectivity index (χ3v) is 4.43. The second kappa shape index (κ2) is 8.02. The van der Waals surface area contributed by atoms with E-state index in [4.69, 9.17) is 15.7 Å². The summed E-state index contributed by atoms with van der Waals surface area (Å²) in [5.74, 6) is 1.44. The van der Waals surface area contributed by atoms with Gasteiger partial charge < -0.3 is 10.5 Å². The SMILES string of the molecule is CN(CCOc1ccc(C#N)cc1)C1CCCCC1CN. The lowest BCUT2D eigenvalue weighted by atomic mass is 9.84. The van der Waals surface area contributed by atoms with Crippen LogP contribution in [0.15, 0.2) is 24.3 Å². The van der Waals surface area contributed by atoms with Gasteiger partial charge in [0, 0.05) is 12.6 Å². The molecule has 0 bridgehead atoms. The number of nitrogens with zero attached hydrogens (tertiary/aromatic N) is 2. The molecule has 1 aliphatic rings. The lowest BCUT2D eigenvalue weighted by molar-refractivity contribution is 0.115. The number of rotatable bonds is 6. The van der Waals surface area contributed by atoms with Crippen LogP contribution in [0.1, 0.15) is 31.2 Å². The molecule has 1 aromatic rings. The van der Waals surface area contributed by atoms with Crippen molar-refractivity contribution in [3.05, 3.63) is 29.8 Å². The van der Waals surface area contributed by atoms with Crippen LogP contribution in [0.4, 0.5) is 0 Å². The Hall–Kier alpha value is -1.57. The molecule has 4 heteroatoms. The molecule has 0 spiro atoms. The van der Waals surface area contributed by atoms with Gasteiger partial charge in [-0.05, 0) is 56.6 Å². The Morgan fingerprint density at radius 2 is 2.00 bits per heavy atom. The fourth-order valence-corrected chi connectivity index (χ4v) is 3.14. The fourth-order valence-electron chi connectivity index (χ4n) is 3.14. The minimum atomic E-state index is 0.591. The predicted molar refractivity (Wildman–Crippen MR) is 84.1 cm³/mol. The highest BCUT2D eigenvalue weighted by Gasteiger charge is 2.26. The van der Waals surface area contributed by atoms with Crippen molar-refractivity contribution in [3.8, 4) is 11.8 Å². The molecule has 21 heavy (non-hydrogen) atoms. The number of hydrogen-bond acceptors (Lipinski definition) is 4. The first-order chi connectivity index (χ1) is 10.2. The highest BCUT2D eigenvalue weighted by atomic mass is 16.5. The molecule has 0 aromatic heterocycles. The summed E-state index contributed by atoms with van der Waals surface area (Å²) in [5, 5.41) is 8.76. The van der Waals surface area contributed by atoms with E-state index in [1.165, 1.54) is 25.7 Å². The molecular formula is C17H25N3O. The van der Waals surface area contributed by atoms with Crippen LogP contribution in [0.2, 0.25) is 0 Å². The Balaban J connectivity index is 1.77. The standard InChI is InChI=1S/C17H25N3O/c1-20(17-5-3-2-4-15(17)13-19)10-11-21-16-8-6-14(12-18)7-9-16/h6-9,15,17H,2-5,10-11,13,19H2,1H3. The van der Waals surface area contributed by atoms with E-state index in [-0.39, 0.29) is 0 Å². The summed E-state index contributed by atoms with van der Waals surface area (Å²) < 4.78 is 5.75. The average molecular weight is 287 g/mol. The van der Waals surface area contributed by atoms with Gasteiger partial charge in [-0.3, -0.25) is 4.90 Å². The summed E-state index contributed by atoms with van der Waals surface area (Å²) in [6.45, 7) is 2.35. The normalized spacial score (nSPS) is 22.0. The predicted octanol–water partition coefficient (Wildman–Crippen LogP) is 2.39. The molecule has 2 unspecified atom stereocenters. The van der Waals surface area contributed by atoms with E-state index in [1.807, 2.05) is 12.1 Å². The van der Waals surface area contributed by atoms with Gasteiger partial charge in [0.2, 0.25) is 0 Å². The molecule has 2 rings (SSSR count). The van der Waals surface area contributed by atoms with Gasteiger partial charge in [0.05, 0.1) is 11.6 Å². The Bertz CT molecular complexity index is 466. The Morgan fingerprint density at radius 3 is 2.67 bits per heavy atom. The largest absolute Gasteiger partial charge is 0.492 e. The highest BCUT2D eigenvalue weighted by Crippen LogP contribution is 2.27. The van der Waals surface area contributed by atoms with Crippen LogP contribution in [-0.2, 0) is 0 Å². The van der Waals surface area contributed by atoms with Crippen molar-refractivity contribution in [2.75, 3.05) is 26.7 Å². The van der Waals surface area contributed by atoms with Crippen molar-refractivity contribution in [1.82, 2.24) is 4.90 Å². The first kappa shape index (κ1) is 15.8. The lowest BCUT2D eigenvalue weighted by Crippen LogP contribution is -2.44. The molecule has 0 amide bonds. The van der Waals surface area contributed by atoms with Gasteiger partial charge in [0.15, 0.2) is 0 Å². The Labute approximate surface area is 127 Å². The van der Waals surface area contributed by atoms with Gasteiger partial charge >= 0.3 is 0 Å². The Kier molecular flexibility index (Phi) is 6.04. The van der Waals surface area contributed by atoms with Gasteiger partial charge in [-0.1, -0.05) is 12.8 Å². The molecule has 0 heterocycles. The summed E-state index contributed by atoms with van der Waals surface area (Å²) in [4.78, 5) is 2.39. The molecule has 1 aliphatic carbocycles. The van der Waals surface area contributed by atoms with Gasteiger partial charge in [-0.25, -0.2) is 0 Å². The molecule has 1 fully saturated rings. The molecule has 4 nitrogen and oxygen atoms in total. The van der Waals surface area contributed by atoms with Crippen LogP contribution in [-0.4, -0.2) is 37.7 Å². The van der Waals surface area contributed by atoms with E-state index in [2.05, 4.69) is 18.0 Å². The molecule has 2 atom stereocenters. The summed E-state index contributed by atoms with van der Waals surface area (Å²) in [6, 6.07) is 9.96. The van der Waals surface area contributed by atoms with E-state index >= 15 is 0 Å². The molecule has 0 saturated heterocycles. The van der Waals surface area contributed by atoms with E-state index in [9.17, 15) is 0 Å². The third kappa shape index (κ3) is 4.45. The molecule has 1 aromatic carbocycles. The van der Waals surface area contributed by atoms with E-state index in [0.717, 1.165) is 18.8 Å². The number of benzene rings is 1. The quantitative estimate of drug-likeness (QED) is 0.872. The molecular weight excluding hydrogens is 262 g/mol. The van der Waals surface area contributed by atoms with Crippen LogP contribution in [0.5, 0.6) is 5.75 Å². The number of hydrogen-bond donors (Lipinski definition) is 1. The molecule has 0 radical (unpaired) electrons. The third-order valence-electron chi connectivity index (χ3n) is 4.43. The van der Waals surface area contributed by atoms with E-state index < -0.39 is 0 Å². The van der Waals surface area contributed by atoms with Crippen molar-refractivity contribution in [3.63, 3.8) is 0 Å². The number of nitriles is 1. The van der Waals surface area contributed by atoms with Gasteiger partial charge in [-0.2, -0.15) is 5.26 Å². The van der Waals surface area contributed by atoms with Gasteiger partial charge in [-0.15, -0.1) is 0 Å². The van der Waals surface area contributed by atoms with Crippen molar-refractivity contribution < 1.29 is 4.74 Å². The maximum Gasteiger partial charge on any atom is 0.119 e. The first-order valence-electron chi connectivity index (χ1n) is 7.78. The Morgan fingerprint density at radius 1 is 1.29 bits per heavy atom. The van der Waals surface area contributed by atoms with Crippen LogP contribution in [0.25, 0.3) is 0 Å². The minimum absolute atomic E-state index is 0.591. The number of ether oxygens (including phenoxy) is 1. The maximum atomic E-state index is 8.76. The lowest BCUT2D eigenvalue weighted by Gasteiger charge is -2.37. The summed E-state index contributed by atoms with van der Waals surface area (Å²) in [5.41, 5.74) is 6.55. The minimum Gasteiger partial charge on any atom is -0.492 e. The zero-order valence-electron chi connectivity index (χ0n) is 12.8. The number of nitrogens with two attached hydrogens (primary N) is 1. The van der Waals surface area contributed by atoms with E-state index in [0.29, 0.717) is 24.1 Å². The topological polar surface area (TPSA) is 62.3 Å². The summed E-state index contributed by atoms with van der Waals surface area (Å²) >= 11 is 0. The van der Waals surface area contributed by atoms with Crippen molar-refractivity contribution >= 4 is 0 Å². The van der Waals surface area contributed by atoms with Crippen molar-refractivity contribution in [1.29, 1.82) is 5.26 Å². The zero-order chi connectivity index (χ0) is 15.1. The maximum absolute atomic E-state index is 8.76. The van der Waals surface area contributed by atoms with Crippen LogP contribution in [0, 0.1) is 17.2 Å². The van der Waals surface area contributed by atoms with Crippen LogP contribution < -0.4 is 10.5 Å². The molecule has 0 aliphatic heterocycles. The van der Waals surface area contributed by atoms with Crippen LogP contribution >= 0.6 is 0 Å². The van der Waals surface area contributed by atoms with Gasteiger partial charge in [0.1, 0.15) is 12.4 Å². The van der Waals surface area contributed by atoms with Gasteiger partial charge in [0.25, 0.3) is 0 Å². The molecule has 1 saturated carbocycles. The summed E-state index contributed by atoms with van der Waals surface area (Å²) in [7, 11) is 2.17. The first-order valence-corrected chi connectivity index (χ1v) is 7.78. The average Bonchev–Trinajstić information content (AvgIpc) is 2.55. The number of likely N-dealkylation sites (N-methyl/N-ethyl adjacent to an activating group) is 1. The zero-order valence-corrected chi connectivity index (χ0v) is 12.8. The van der Waals surface area contributed by atoms with Crippen molar-refractivity contribution in [2.45, 2.75) is 31.7 Å². The second-order valence-corrected chi connectivity index (χ2v) is 5.81. The van der Waals surface area contributed by atoms with E-state index in [1.54, 1.807) is 12.1 Å². The smallest absolute Gasteiger partial charge is 0.119 e. The molecule has 114 valence electrons. The van der Waals surface area contributed by atoms with Crippen LogP contribution in [0.3, 0.4) is 0 Å².